The van der Waals surface area contributed by atoms with Crippen molar-refractivity contribution < 1.29 is 19.4 Å². The minimum Gasteiger partial charge on any atom is -0.491 e. The van der Waals surface area contributed by atoms with Crippen LogP contribution in [0.3, 0.4) is 0 Å². The lowest BCUT2D eigenvalue weighted by molar-refractivity contribution is -0.131. The van der Waals surface area contributed by atoms with Crippen LogP contribution in [0.5, 0.6) is 11.5 Å². The number of hydrogen-bond donors (Lipinski definition) is 2. The summed E-state index contributed by atoms with van der Waals surface area (Å²) in [6.07, 6.45) is 1.52. The molecule has 0 aliphatic rings. The van der Waals surface area contributed by atoms with E-state index in [1.54, 1.807) is 12.1 Å². The van der Waals surface area contributed by atoms with Crippen molar-refractivity contribution >= 4 is 46.4 Å². The van der Waals surface area contributed by atoms with Gasteiger partial charge in [-0.15, -0.1) is 0 Å². The highest BCUT2D eigenvalue weighted by Gasteiger charge is 2.15. The number of benzene rings is 2. The number of ether oxygens (including phenoxy) is 2. The van der Waals surface area contributed by atoms with Gasteiger partial charge in [0, 0.05) is 0 Å². The maximum Gasteiger partial charge on any atom is 0.342 e. The SMILES string of the molecule is CCOc1cc(/C=C(\Sc2nc3ccccc3[nH]2)C(=O)O)cc(Cl)c1OC. The average molecular weight is 405 g/mol. The van der Waals surface area contributed by atoms with Crippen LogP contribution in [0.15, 0.2) is 46.5 Å². The molecule has 2 aromatic carbocycles. The van der Waals surface area contributed by atoms with Gasteiger partial charge in [0.15, 0.2) is 16.7 Å². The van der Waals surface area contributed by atoms with Crippen molar-refractivity contribution in [3.05, 3.63) is 51.9 Å². The van der Waals surface area contributed by atoms with Crippen LogP contribution in [0.25, 0.3) is 17.1 Å². The monoisotopic (exact) mass is 404 g/mol. The van der Waals surface area contributed by atoms with Crippen molar-refractivity contribution in [2.75, 3.05) is 13.7 Å². The summed E-state index contributed by atoms with van der Waals surface area (Å²) in [5.74, 6) is -0.194. The number of aliphatic carboxylic acids is 1. The summed E-state index contributed by atoms with van der Waals surface area (Å²) in [6.45, 7) is 2.27. The molecular weight excluding hydrogens is 388 g/mol. The molecule has 0 fully saturated rings. The first-order valence-corrected chi connectivity index (χ1v) is 9.29. The van der Waals surface area contributed by atoms with E-state index in [1.807, 2.05) is 31.2 Å². The van der Waals surface area contributed by atoms with Crippen LogP contribution < -0.4 is 9.47 Å². The van der Waals surface area contributed by atoms with E-state index in [4.69, 9.17) is 21.1 Å². The van der Waals surface area contributed by atoms with Gasteiger partial charge in [0.2, 0.25) is 0 Å². The summed E-state index contributed by atoms with van der Waals surface area (Å²) in [5, 5.41) is 10.4. The van der Waals surface area contributed by atoms with Gasteiger partial charge in [-0.2, -0.15) is 0 Å². The van der Waals surface area contributed by atoms with Crippen molar-refractivity contribution in [3.8, 4) is 11.5 Å². The van der Waals surface area contributed by atoms with E-state index < -0.39 is 5.97 Å². The molecule has 6 nitrogen and oxygen atoms in total. The summed E-state index contributed by atoms with van der Waals surface area (Å²) in [4.78, 5) is 19.3. The molecular formula is C19H17ClN2O4S. The number of halogens is 1. The van der Waals surface area contributed by atoms with Crippen LogP contribution in [-0.2, 0) is 4.79 Å². The Bertz CT molecular complexity index is 983. The number of carboxylic acids is 1. The number of para-hydroxylation sites is 2. The predicted molar refractivity (Wildman–Crippen MR) is 107 cm³/mol. The van der Waals surface area contributed by atoms with E-state index in [-0.39, 0.29) is 4.91 Å². The minimum absolute atomic E-state index is 0.0951. The third-order valence-electron chi connectivity index (χ3n) is 3.62. The van der Waals surface area contributed by atoms with Crippen LogP contribution in [0.2, 0.25) is 5.02 Å². The standard InChI is InChI=1S/C19H17ClN2O4S/c1-3-26-15-9-11(8-12(20)17(15)25-2)10-16(18(23)24)27-19-21-13-6-4-5-7-14(13)22-19/h4-10H,3H2,1-2H3,(H,21,22)(H,23,24)/b16-10-. The number of aromatic nitrogens is 2. The molecule has 0 aliphatic heterocycles. The van der Waals surface area contributed by atoms with Crippen molar-refractivity contribution in [1.82, 2.24) is 9.97 Å². The maximum atomic E-state index is 11.7. The van der Waals surface area contributed by atoms with Gasteiger partial charge < -0.3 is 19.6 Å². The lowest BCUT2D eigenvalue weighted by atomic mass is 10.2. The second kappa shape index (κ2) is 8.37. The third-order valence-corrected chi connectivity index (χ3v) is 4.80. The Labute approximate surface area is 165 Å². The summed E-state index contributed by atoms with van der Waals surface area (Å²) in [5.41, 5.74) is 2.21. The Balaban J connectivity index is 1.96. The summed E-state index contributed by atoms with van der Waals surface area (Å²) >= 11 is 7.27. The fourth-order valence-corrected chi connectivity index (χ4v) is 3.59. The largest absolute Gasteiger partial charge is 0.491 e. The zero-order valence-corrected chi connectivity index (χ0v) is 16.2. The molecule has 2 N–H and O–H groups in total. The van der Waals surface area contributed by atoms with E-state index >= 15 is 0 Å². The fourth-order valence-electron chi connectivity index (χ4n) is 2.50. The second-order valence-electron chi connectivity index (χ2n) is 5.44. The molecule has 0 unspecified atom stereocenters. The predicted octanol–water partition coefficient (Wildman–Crippen LogP) is 4.84. The molecule has 0 saturated heterocycles. The molecule has 27 heavy (non-hydrogen) atoms. The molecule has 0 bridgehead atoms. The Morgan fingerprint density at radius 3 is 2.81 bits per heavy atom. The number of thioether (sulfide) groups is 1. The highest BCUT2D eigenvalue weighted by atomic mass is 35.5. The number of methoxy groups -OCH3 is 1. The van der Waals surface area contributed by atoms with Crippen molar-refractivity contribution in [2.45, 2.75) is 12.1 Å². The maximum absolute atomic E-state index is 11.7. The number of hydrogen-bond acceptors (Lipinski definition) is 5. The molecule has 1 heterocycles. The highest BCUT2D eigenvalue weighted by molar-refractivity contribution is 8.04. The van der Waals surface area contributed by atoms with E-state index in [0.29, 0.717) is 33.8 Å². The number of rotatable bonds is 7. The highest BCUT2D eigenvalue weighted by Crippen LogP contribution is 2.38. The minimum atomic E-state index is -1.06. The normalized spacial score (nSPS) is 11.6. The van der Waals surface area contributed by atoms with Gasteiger partial charge >= 0.3 is 5.97 Å². The number of H-pyrrole nitrogens is 1. The Morgan fingerprint density at radius 2 is 2.15 bits per heavy atom. The fraction of sp³-hybridized carbons (Fsp3) is 0.158. The van der Waals surface area contributed by atoms with E-state index in [2.05, 4.69) is 9.97 Å². The summed E-state index contributed by atoms with van der Waals surface area (Å²) < 4.78 is 10.8. The first-order valence-electron chi connectivity index (χ1n) is 8.09. The molecule has 0 spiro atoms. The van der Waals surface area contributed by atoms with Crippen LogP contribution in [-0.4, -0.2) is 34.8 Å². The van der Waals surface area contributed by atoms with E-state index in [0.717, 1.165) is 22.8 Å². The second-order valence-corrected chi connectivity index (χ2v) is 6.88. The number of carboxylic acid groups (broad SMARTS) is 1. The van der Waals surface area contributed by atoms with Crippen LogP contribution in [0.1, 0.15) is 12.5 Å². The Hall–Kier alpha value is -2.64. The van der Waals surface area contributed by atoms with Gasteiger partial charge in [0.25, 0.3) is 0 Å². The number of aromatic amines is 1. The lowest BCUT2D eigenvalue weighted by Gasteiger charge is -2.12. The number of imidazole rings is 1. The van der Waals surface area contributed by atoms with Crippen molar-refractivity contribution in [3.63, 3.8) is 0 Å². The van der Waals surface area contributed by atoms with Gasteiger partial charge in [-0.25, -0.2) is 9.78 Å². The zero-order chi connectivity index (χ0) is 19.4. The molecule has 0 amide bonds. The quantitative estimate of drug-likeness (QED) is 0.433. The van der Waals surface area contributed by atoms with Crippen LogP contribution >= 0.6 is 23.4 Å². The molecule has 3 aromatic rings. The van der Waals surface area contributed by atoms with Crippen molar-refractivity contribution in [1.29, 1.82) is 0 Å². The molecule has 3 rings (SSSR count). The number of nitrogens with one attached hydrogen (secondary N) is 1. The first-order chi connectivity index (χ1) is 13.0. The number of carbonyl (C=O) groups is 1. The Kier molecular flexibility index (Phi) is 5.93. The van der Waals surface area contributed by atoms with Gasteiger partial charge in [-0.05, 0) is 54.6 Å². The van der Waals surface area contributed by atoms with Crippen LogP contribution in [0, 0.1) is 0 Å². The smallest absolute Gasteiger partial charge is 0.342 e. The lowest BCUT2D eigenvalue weighted by Crippen LogP contribution is -1.99. The zero-order valence-electron chi connectivity index (χ0n) is 14.7. The van der Waals surface area contributed by atoms with Gasteiger partial charge in [-0.3, -0.25) is 0 Å². The molecule has 0 saturated carbocycles. The average Bonchev–Trinajstić information content (AvgIpc) is 3.03. The van der Waals surface area contributed by atoms with E-state index in [1.165, 1.54) is 13.2 Å². The Morgan fingerprint density at radius 1 is 1.37 bits per heavy atom. The molecule has 1 aromatic heterocycles. The van der Waals surface area contributed by atoms with Gasteiger partial charge in [0.1, 0.15) is 4.91 Å². The van der Waals surface area contributed by atoms with Crippen molar-refractivity contribution in [2.24, 2.45) is 0 Å². The van der Waals surface area contributed by atoms with E-state index in [9.17, 15) is 9.90 Å². The van der Waals surface area contributed by atoms with Gasteiger partial charge in [-0.1, -0.05) is 23.7 Å². The molecule has 0 radical (unpaired) electrons. The molecule has 0 aliphatic carbocycles. The number of fused-ring (bicyclic) bond motifs is 1. The summed E-state index contributed by atoms with van der Waals surface area (Å²) in [7, 11) is 1.50. The first kappa shape index (κ1) is 19.1. The molecule has 0 atom stereocenters. The van der Waals surface area contributed by atoms with Gasteiger partial charge in [0.05, 0.1) is 29.8 Å². The van der Waals surface area contributed by atoms with Crippen LogP contribution in [0.4, 0.5) is 0 Å². The summed E-state index contributed by atoms with van der Waals surface area (Å²) in [6, 6.07) is 10.8. The third kappa shape index (κ3) is 4.37. The molecule has 8 heteroatoms. The topological polar surface area (TPSA) is 84.4 Å². The number of nitrogens with zero attached hydrogens (tertiary/aromatic N) is 1. The molecule has 140 valence electrons.